The summed E-state index contributed by atoms with van der Waals surface area (Å²) in [4.78, 5) is 34.8. The Hall–Kier alpha value is -1.51. The summed E-state index contributed by atoms with van der Waals surface area (Å²) in [6, 6.07) is 0. The third-order valence-electron chi connectivity index (χ3n) is 8.56. The van der Waals surface area contributed by atoms with E-state index in [1.54, 1.807) is 0 Å². The summed E-state index contributed by atoms with van der Waals surface area (Å²) in [6.07, 6.45) is 37.7. The van der Waals surface area contributed by atoms with Gasteiger partial charge in [0, 0.05) is 19.4 Å². The van der Waals surface area contributed by atoms with Crippen LogP contribution < -0.4 is 5.73 Å². The van der Waals surface area contributed by atoms with Gasteiger partial charge in [0.25, 0.3) is 0 Å². The monoisotopic (exact) mass is 730 g/mol. The van der Waals surface area contributed by atoms with Crippen LogP contribution in [0.4, 0.5) is 0 Å². The molecular formula is C40H76NO8P. The average Bonchev–Trinajstić information content (AvgIpc) is 3.10. The summed E-state index contributed by atoms with van der Waals surface area (Å²) >= 11 is 0. The highest BCUT2D eigenvalue weighted by molar-refractivity contribution is 7.47. The summed E-state index contributed by atoms with van der Waals surface area (Å²) in [5.74, 6) is -0.846. The molecule has 2 atom stereocenters. The van der Waals surface area contributed by atoms with Gasteiger partial charge in [-0.05, 0) is 64.2 Å². The van der Waals surface area contributed by atoms with Gasteiger partial charge in [0.05, 0.1) is 13.2 Å². The van der Waals surface area contributed by atoms with Gasteiger partial charge in [-0.2, -0.15) is 0 Å². The fourth-order valence-corrected chi connectivity index (χ4v) is 6.27. The molecule has 0 aromatic heterocycles. The van der Waals surface area contributed by atoms with Crippen molar-refractivity contribution in [1.82, 2.24) is 0 Å². The number of ether oxygens (including phenoxy) is 2. The predicted molar refractivity (Wildman–Crippen MR) is 206 cm³/mol. The first-order valence-corrected chi connectivity index (χ1v) is 21.8. The molecule has 0 rings (SSSR count). The summed E-state index contributed by atoms with van der Waals surface area (Å²) in [5, 5.41) is 0. The van der Waals surface area contributed by atoms with Crippen molar-refractivity contribution in [2.45, 2.75) is 193 Å². The maximum Gasteiger partial charge on any atom is 0.472 e. The molecule has 0 heterocycles. The molecular weight excluding hydrogens is 653 g/mol. The second kappa shape index (κ2) is 37.3. The van der Waals surface area contributed by atoms with E-state index in [9.17, 15) is 19.0 Å². The maximum absolute atomic E-state index is 12.5. The van der Waals surface area contributed by atoms with Crippen molar-refractivity contribution in [3.63, 3.8) is 0 Å². The molecule has 9 nitrogen and oxygen atoms in total. The van der Waals surface area contributed by atoms with Crippen LogP contribution in [0.25, 0.3) is 0 Å². The molecule has 0 amide bonds. The van der Waals surface area contributed by atoms with Crippen LogP contribution in [-0.4, -0.2) is 49.3 Å². The lowest BCUT2D eigenvalue weighted by Gasteiger charge is -2.19. The molecule has 0 aliphatic heterocycles. The van der Waals surface area contributed by atoms with Crippen molar-refractivity contribution >= 4 is 19.8 Å². The second-order valence-electron chi connectivity index (χ2n) is 13.5. The number of allylic oxidation sites excluding steroid dienone is 4. The van der Waals surface area contributed by atoms with Gasteiger partial charge in [-0.1, -0.05) is 134 Å². The average molecular weight is 730 g/mol. The van der Waals surface area contributed by atoms with Crippen molar-refractivity contribution in [3.05, 3.63) is 24.3 Å². The first kappa shape index (κ1) is 48.5. The van der Waals surface area contributed by atoms with Gasteiger partial charge in [-0.25, -0.2) is 4.57 Å². The van der Waals surface area contributed by atoms with Gasteiger partial charge in [0.2, 0.25) is 0 Å². The van der Waals surface area contributed by atoms with Crippen LogP contribution in [0.1, 0.15) is 187 Å². The first-order chi connectivity index (χ1) is 24.3. The van der Waals surface area contributed by atoms with Gasteiger partial charge < -0.3 is 20.1 Å². The number of hydrogen-bond donors (Lipinski definition) is 2. The molecule has 0 radical (unpaired) electrons. The van der Waals surface area contributed by atoms with Crippen LogP contribution >= 0.6 is 7.82 Å². The van der Waals surface area contributed by atoms with Crippen LogP contribution in [0.2, 0.25) is 0 Å². The van der Waals surface area contributed by atoms with E-state index in [4.69, 9.17) is 24.3 Å². The van der Waals surface area contributed by atoms with Crippen LogP contribution in [0.3, 0.4) is 0 Å². The number of unbranched alkanes of at least 4 members (excludes halogenated alkanes) is 21. The smallest absolute Gasteiger partial charge is 0.462 e. The van der Waals surface area contributed by atoms with E-state index in [2.05, 4.69) is 38.2 Å². The van der Waals surface area contributed by atoms with Gasteiger partial charge in [0.15, 0.2) is 6.10 Å². The molecule has 0 fully saturated rings. The largest absolute Gasteiger partial charge is 0.472 e. The summed E-state index contributed by atoms with van der Waals surface area (Å²) < 4.78 is 32.7. The molecule has 0 saturated carbocycles. The Balaban J connectivity index is 4.21. The Bertz CT molecular complexity index is 881. The Kier molecular flexibility index (Phi) is 36.1. The zero-order chi connectivity index (χ0) is 36.8. The van der Waals surface area contributed by atoms with Crippen LogP contribution in [0.15, 0.2) is 24.3 Å². The van der Waals surface area contributed by atoms with Crippen molar-refractivity contribution in [2.75, 3.05) is 26.4 Å². The summed E-state index contributed by atoms with van der Waals surface area (Å²) in [7, 11) is -4.37. The van der Waals surface area contributed by atoms with E-state index >= 15 is 0 Å². The third-order valence-corrected chi connectivity index (χ3v) is 9.54. The fourth-order valence-electron chi connectivity index (χ4n) is 5.51. The molecule has 1 unspecified atom stereocenters. The van der Waals surface area contributed by atoms with Crippen LogP contribution in [0.5, 0.6) is 0 Å². The second-order valence-corrected chi connectivity index (χ2v) is 14.9. The minimum absolute atomic E-state index is 0.0518. The number of rotatable bonds is 38. The van der Waals surface area contributed by atoms with Gasteiger partial charge in [-0.15, -0.1) is 0 Å². The molecule has 0 aromatic rings. The first-order valence-electron chi connectivity index (χ1n) is 20.3. The van der Waals surface area contributed by atoms with E-state index in [0.717, 1.165) is 70.6 Å². The van der Waals surface area contributed by atoms with Crippen molar-refractivity contribution in [3.8, 4) is 0 Å². The Morgan fingerprint density at radius 2 is 0.980 bits per heavy atom. The van der Waals surface area contributed by atoms with E-state index < -0.39 is 32.5 Å². The van der Waals surface area contributed by atoms with E-state index in [1.165, 1.54) is 83.5 Å². The molecule has 0 saturated heterocycles. The topological polar surface area (TPSA) is 134 Å². The lowest BCUT2D eigenvalue weighted by molar-refractivity contribution is -0.161. The van der Waals surface area contributed by atoms with Gasteiger partial charge >= 0.3 is 19.8 Å². The minimum atomic E-state index is -4.37. The number of phosphoric ester groups is 1. The number of phosphoric acid groups is 1. The number of carbonyl (C=O) groups excluding carboxylic acids is 2. The summed E-state index contributed by atoms with van der Waals surface area (Å²) in [6.45, 7) is 3.70. The Labute approximate surface area is 306 Å². The van der Waals surface area contributed by atoms with Crippen LogP contribution in [-0.2, 0) is 32.7 Å². The lowest BCUT2D eigenvalue weighted by atomic mass is 10.1. The zero-order valence-electron chi connectivity index (χ0n) is 32.1. The van der Waals surface area contributed by atoms with Gasteiger partial charge in [0.1, 0.15) is 6.61 Å². The van der Waals surface area contributed by atoms with Crippen molar-refractivity contribution in [2.24, 2.45) is 5.73 Å². The number of esters is 2. The predicted octanol–water partition coefficient (Wildman–Crippen LogP) is 11.2. The highest BCUT2D eigenvalue weighted by Gasteiger charge is 2.25. The van der Waals surface area contributed by atoms with E-state index in [-0.39, 0.29) is 32.6 Å². The van der Waals surface area contributed by atoms with E-state index in [0.29, 0.717) is 6.42 Å². The highest BCUT2D eigenvalue weighted by Crippen LogP contribution is 2.43. The number of carbonyl (C=O) groups is 2. The molecule has 50 heavy (non-hydrogen) atoms. The number of nitrogens with two attached hydrogens (primary N) is 1. The standard InChI is InChI=1S/C40H76NO8P/c1-3-5-7-9-11-13-15-17-19-21-22-24-26-28-30-32-39(42)46-36-38(37-48-50(44,45)47-35-34-41)49-40(43)33-31-29-27-25-23-20-18-16-14-12-10-8-6-4-2/h16-19,38H,3-15,20-37,41H2,1-2H3,(H,44,45)/b18-16+,19-17+/t38-/m1/s1. The van der Waals surface area contributed by atoms with E-state index in [1.807, 2.05) is 0 Å². The fraction of sp³-hybridized carbons (Fsp3) is 0.850. The maximum atomic E-state index is 12.5. The molecule has 0 aliphatic carbocycles. The quantitative estimate of drug-likeness (QED) is 0.0275. The zero-order valence-corrected chi connectivity index (χ0v) is 33.0. The third kappa shape index (κ3) is 36.3. The van der Waals surface area contributed by atoms with Crippen LogP contribution in [0, 0.1) is 0 Å². The molecule has 10 heteroatoms. The lowest BCUT2D eigenvalue weighted by Crippen LogP contribution is -2.29. The normalized spacial score (nSPS) is 13.6. The van der Waals surface area contributed by atoms with Crippen molar-refractivity contribution < 1.29 is 37.6 Å². The van der Waals surface area contributed by atoms with Crippen molar-refractivity contribution in [1.29, 1.82) is 0 Å². The highest BCUT2D eigenvalue weighted by atomic mass is 31.2. The van der Waals surface area contributed by atoms with Gasteiger partial charge in [-0.3, -0.25) is 18.6 Å². The molecule has 0 bridgehead atoms. The molecule has 3 N–H and O–H groups in total. The molecule has 294 valence electrons. The molecule has 0 spiro atoms. The SMILES string of the molecule is CCCCCCC/C=C/CCCCCCCC(=O)O[C@H](COC(=O)CCCCCCC/C=C/CCCCCCCC)COP(=O)(O)OCCN. The number of hydrogen-bond acceptors (Lipinski definition) is 8. The molecule has 0 aromatic carbocycles. The molecule has 0 aliphatic rings. The minimum Gasteiger partial charge on any atom is -0.462 e. The Morgan fingerprint density at radius 3 is 1.42 bits per heavy atom. The summed E-state index contributed by atoms with van der Waals surface area (Å²) in [5.41, 5.74) is 5.33. The Morgan fingerprint density at radius 1 is 0.580 bits per heavy atom.